The Hall–Kier alpha value is -3.33. The summed E-state index contributed by atoms with van der Waals surface area (Å²) in [5.41, 5.74) is 5.23. The summed E-state index contributed by atoms with van der Waals surface area (Å²) >= 11 is 0. The number of para-hydroxylation sites is 2. The van der Waals surface area contributed by atoms with Gasteiger partial charge in [0.2, 0.25) is 0 Å². The zero-order chi connectivity index (χ0) is 20.8. The fourth-order valence-corrected chi connectivity index (χ4v) is 3.52. The van der Waals surface area contributed by atoms with E-state index in [-0.39, 0.29) is 11.5 Å². The Bertz CT molecular complexity index is 1050. The molecule has 6 heteroatoms. The van der Waals surface area contributed by atoms with Crippen LogP contribution in [-0.2, 0) is 17.8 Å². The van der Waals surface area contributed by atoms with Gasteiger partial charge in [-0.05, 0) is 56.5 Å². The smallest absolute Gasteiger partial charge is 0.261 e. The summed E-state index contributed by atoms with van der Waals surface area (Å²) in [5.74, 6) is 0.567. The average molecular weight is 390 g/mol. The molecule has 2 aromatic heterocycles. The number of hydrogen-bond donors (Lipinski definition) is 2. The van der Waals surface area contributed by atoms with Crippen molar-refractivity contribution in [3.63, 3.8) is 0 Å². The molecular weight excluding hydrogens is 362 g/mol. The van der Waals surface area contributed by atoms with Crippen molar-refractivity contribution in [3.8, 4) is 6.07 Å². The van der Waals surface area contributed by atoms with Gasteiger partial charge in [-0.25, -0.2) is 4.98 Å². The number of nitrogens with one attached hydrogen (secondary N) is 2. The zero-order valence-corrected chi connectivity index (χ0v) is 17.2. The number of aryl methyl sites for hydroxylation is 2. The summed E-state index contributed by atoms with van der Waals surface area (Å²) < 4.78 is 2.21. The first-order chi connectivity index (χ1) is 14.0. The van der Waals surface area contributed by atoms with Crippen LogP contribution in [0.3, 0.4) is 0 Å². The predicted molar refractivity (Wildman–Crippen MR) is 115 cm³/mol. The molecule has 0 spiro atoms. The highest BCUT2D eigenvalue weighted by molar-refractivity contribution is 6.01. The van der Waals surface area contributed by atoms with E-state index in [0.29, 0.717) is 6.54 Å². The largest absolute Gasteiger partial charge is 0.351 e. The number of benzene rings is 1. The van der Waals surface area contributed by atoms with Crippen LogP contribution in [0.5, 0.6) is 0 Å². The molecule has 0 aliphatic rings. The number of aromatic nitrogens is 3. The van der Waals surface area contributed by atoms with Crippen LogP contribution in [0, 0.1) is 25.2 Å². The van der Waals surface area contributed by atoms with Crippen molar-refractivity contribution >= 4 is 23.0 Å². The second-order valence-electron chi connectivity index (χ2n) is 7.21. The quantitative estimate of drug-likeness (QED) is 0.346. The third-order valence-corrected chi connectivity index (χ3v) is 5.04. The molecule has 0 saturated heterocycles. The number of carbonyl (C=O) groups excluding carboxylic acids is 1. The minimum absolute atomic E-state index is 0.130. The molecule has 3 aromatic rings. The number of amides is 1. The van der Waals surface area contributed by atoms with Crippen molar-refractivity contribution in [2.24, 2.45) is 0 Å². The average Bonchev–Trinajstić information content (AvgIpc) is 3.25. The van der Waals surface area contributed by atoms with E-state index >= 15 is 0 Å². The van der Waals surface area contributed by atoms with E-state index in [1.165, 1.54) is 0 Å². The summed E-state index contributed by atoms with van der Waals surface area (Å²) in [4.78, 5) is 20.2. The molecule has 0 radical (unpaired) electrons. The number of carbonyl (C=O) groups is 1. The molecule has 3 rings (SSSR count). The van der Waals surface area contributed by atoms with Gasteiger partial charge in [0.25, 0.3) is 5.91 Å². The number of nitriles is 1. The van der Waals surface area contributed by atoms with Crippen molar-refractivity contribution in [2.75, 3.05) is 6.54 Å². The Morgan fingerprint density at radius 1 is 1.34 bits per heavy atom. The summed E-state index contributed by atoms with van der Waals surface area (Å²) in [7, 11) is 0. The maximum atomic E-state index is 12.4. The molecule has 150 valence electrons. The molecule has 0 aliphatic heterocycles. The Kier molecular flexibility index (Phi) is 6.50. The third-order valence-electron chi connectivity index (χ3n) is 5.04. The van der Waals surface area contributed by atoms with Gasteiger partial charge in [-0.3, -0.25) is 4.79 Å². The van der Waals surface area contributed by atoms with E-state index in [4.69, 9.17) is 0 Å². The number of rotatable bonds is 8. The molecule has 0 fully saturated rings. The number of aromatic amines is 1. The number of H-pyrrole nitrogens is 1. The van der Waals surface area contributed by atoms with E-state index < -0.39 is 0 Å². The van der Waals surface area contributed by atoms with E-state index in [1.54, 1.807) is 6.08 Å². The summed E-state index contributed by atoms with van der Waals surface area (Å²) in [6.45, 7) is 7.62. The first-order valence-electron chi connectivity index (χ1n) is 10.0. The van der Waals surface area contributed by atoms with Gasteiger partial charge >= 0.3 is 0 Å². The van der Waals surface area contributed by atoms with Gasteiger partial charge in [0.05, 0.1) is 11.0 Å². The van der Waals surface area contributed by atoms with E-state index in [9.17, 15) is 10.1 Å². The molecule has 0 saturated carbocycles. The third kappa shape index (κ3) is 4.75. The van der Waals surface area contributed by atoms with Gasteiger partial charge in [0.1, 0.15) is 17.5 Å². The minimum Gasteiger partial charge on any atom is -0.351 e. The molecule has 2 heterocycles. The number of nitrogens with zero attached hydrogens (tertiary/aromatic N) is 3. The van der Waals surface area contributed by atoms with E-state index in [1.807, 2.05) is 50.2 Å². The Morgan fingerprint density at radius 2 is 2.14 bits per heavy atom. The fraction of sp³-hybridized carbons (Fsp3) is 0.348. The number of hydrogen-bond acceptors (Lipinski definition) is 3. The minimum atomic E-state index is -0.336. The monoisotopic (exact) mass is 389 g/mol. The van der Waals surface area contributed by atoms with Crippen molar-refractivity contribution in [1.29, 1.82) is 5.26 Å². The second-order valence-corrected chi connectivity index (χ2v) is 7.21. The maximum absolute atomic E-state index is 12.4. The van der Waals surface area contributed by atoms with Crippen LogP contribution in [0.15, 0.2) is 35.9 Å². The molecule has 1 aromatic carbocycles. The molecular formula is C23H27N5O. The van der Waals surface area contributed by atoms with Crippen LogP contribution in [0.4, 0.5) is 0 Å². The normalized spacial score (nSPS) is 11.6. The molecule has 0 bridgehead atoms. The predicted octanol–water partition coefficient (Wildman–Crippen LogP) is 4.05. The molecule has 2 N–H and O–H groups in total. The SMILES string of the molecule is CCCn1c(C)cc(/C=C(\C#N)C(=O)NCCCc2nc3ccccc3[nH]2)c1C. The maximum Gasteiger partial charge on any atom is 0.261 e. The first-order valence-corrected chi connectivity index (χ1v) is 10.0. The van der Waals surface area contributed by atoms with Crippen molar-refractivity contribution in [1.82, 2.24) is 19.9 Å². The standard InChI is InChI=1S/C23H27N5O/c1-4-12-28-16(2)13-18(17(28)3)14-19(15-24)23(29)25-11-7-10-22-26-20-8-5-6-9-21(20)27-22/h5-6,8-9,13-14H,4,7,10-12H2,1-3H3,(H,25,29)(H,26,27)/b19-14+. The fourth-order valence-electron chi connectivity index (χ4n) is 3.52. The summed E-state index contributed by atoms with van der Waals surface area (Å²) in [5, 5.41) is 12.3. The molecule has 1 amide bonds. The van der Waals surface area contributed by atoms with Crippen LogP contribution in [-0.4, -0.2) is 27.0 Å². The number of fused-ring (bicyclic) bond motifs is 1. The highest BCUT2D eigenvalue weighted by Gasteiger charge is 2.12. The summed E-state index contributed by atoms with van der Waals surface area (Å²) in [6, 6.07) is 12.0. The van der Waals surface area contributed by atoms with E-state index in [0.717, 1.165) is 59.6 Å². The Morgan fingerprint density at radius 3 is 2.86 bits per heavy atom. The lowest BCUT2D eigenvalue weighted by atomic mass is 10.1. The van der Waals surface area contributed by atoms with Crippen LogP contribution in [0.2, 0.25) is 0 Å². The van der Waals surface area contributed by atoms with Gasteiger partial charge in [-0.15, -0.1) is 0 Å². The van der Waals surface area contributed by atoms with Crippen molar-refractivity contribution < 1.29 is 4.79 Å². The Labute approximate surface area is 171 Å². The van der Waals surface area contributed by atoms with Gasteiger partial charge in [0.15, 0.2) is 0 Å². The highest BCUT2D eigenvalue weighted by atomic mass is 16.1. The lowest BCUT2D eigenvalue weighted by Gasteiger charge is -2.07. The molecule has 29 heavy (non-hydrogen) atoms. The van der Waals surface area contributed by atoms with Gasteiger partial charge < -0.3 is 14.9 Å². The van der Waals surface area contributed by atoms with Crippen LogP contribution >= 0.6 is 0 Å². The van der Waals surface area contributed by atoms with Crippen LogP contribution < -0.4 is 5.32 Å². The van der Waals surface area contributed by atoms with Gasteiger partial charge in [-0.2, -0.15) is 5.26 Å². The topological polar surface area (TPSA) is 86.5 Å². The summed E-state index contributed by atoms with van der Waals surface area (Å²) in [6.07, 6.45) is 4.20. The first kappa shape index (κ1) is 20.4. The molecule has 0 atom stereocenters. The second kappa shape index (κ2) is 9.24. The lowest BCUT2D eigenvalue weighted by molar-refractivity contribution is -0.117. The van der Waals surface area contributed by atoms with Crippen LogP contribution in [0.25, 0.3) is 17.1 Å². The molecule has 6 nitrogen and oxygen atoms in total. The van der Waals surface area contributed by atoms with Crippen molar-refractivity contribution in [3.05, 3.63) is 58.7 Å². The van der Waals surface area contributed by atoms with Gasteiger partial charge in [0, 0.05) is 30.9 Å². The van der Waals surface area contributed by atoms with Gasteiger partial charge in [-0.1, -0.05) is 19.1 Å². The highest BCUT2D eigenvalue weighted by Crippen LogP contribution is 2.19. The van der Waals surface area contributed by atoms with Crippen LogP contribution in [0.1, 0.15) is 42.5 Å². The zero-order valence-electron chi connectivity index (χ0n) is 17.2. The van der Waals surface area contributed by atoms with E-state index in [2.05, 4.69) is 26.8 Å². The lowest BCUT2D eigenvalue weighted by Crippen LogP contribution is -2.26. The number of imidazole rings is 1. The molecule has 0 aliphatic carbocycles. The Balaban J connectivity index is 1.58. The molecule has 0 unspecified atom stereocenters. The van der Waals surface area contributed by atoms with Crippen molar-refractivity contribution in [2.45, 2.75) is 46.6 Å².